The SMILES string of the molecule is CC(C)(C)OC(=O)C(C)(N)Cc1nccc2ccccc12. The zero-order valence-electron chi connectivity index (χ0n) is 13.0. The van der Waals surface area contributed by atoms with Gasteiger partial charge in [-0.1, -0.05) is 24.3 Å². The van der Waals surface area contributed by atoms with Gasteiger partial charge in [0, 0.05) is 18.0 Å². The summed E-state index contributed by atoms with van der Waals surface area (Å²) in [7, 11) is 0. The molecule has 0 radical (unpaired) electrons. The topological polar surface area (TPSA) is 65.2 Å². The van der Waals surface area contributed by atoms with Crippen LogP contribution < -0.4 is 5.73 Å². The number of esters is 1. The molecule has 0 fully saturated rings. The van der Waals surface area contributed by atoms with Crippen molar-refractivity contribution in [2.45, 2.75) is 45.3 Å². The molecule has 2 rings (SSSR count). The van der Waals surface area contributed by atoms with Crippen molar-refractivity contribution in [1.82, 2.24) is 4.98 Å². The van der Waals surface area contributed by atoms with E-state index in [-0.39, 0.29) is 0 Å². The van der Waals surface area contributed by atoms with E-state index in [1.807, 2.05) is 51.1 Å². The average Bonchev–Trinajstić information content (AvgIpc) is 2.37. The number of hydrogen-bond donors (Lipinski definition) is 1. The van der Waals surface area contributed by atoms with Gasteiger partial charge < -0.3 is 10.5 Å². The molecule has 0 saturated carbocycles. The normalized spacial score (nSPS) is 14.7. The quantitative estimate of drug-likeness (QED) is 0.881. The Morgan fingerprint density at radius 1 is 1.19 bits per heavy atom. The number of rotatable bonds is 3. The summed E-state index contributed by atoms with van der Waals surface area (Å²) in [5, 5.41) is 2.10. The van der Waals surface area contributed by atoms with E-state index >= 15 is 0 Å². The van der Waals surface area contributed by atoms with Crippen LogP contribution in [-0.2, 0) is 16.0 Å². The number of nitrogens with two attached hydrogens (primary N) is 1. The Hall–Kier alpha value is -1.94. The van der Waals surface area contributed by atoms with Crippen LogP contribution in [0.4, 0.5) is 0 Å². The van der Waals surface area contributed by atoms with Crippen LogP contribution in [0, 0.1) is 0 Å². The van der Waals surface area contributed by atoms with E-state index in [4.69, 9.17) is 10.5 Å². The molecule has 1 atom stereocenters. The van der Waals surface area contributed by atoms with Crippen molar-refractivity contribution in [3.63, 3.8) is 0 Å². The van der Waals surface area contributed by atoms with Gasteiger partial charge in [-0.2, -0.15) is 0 Å². The van der Waals surface area contributed by atoms with Crippen LogP contribution in [0.25, 0.3) is 10.8 Å². The second-order valence-corrected chi connectivity index (χ2v) is 6.57. The molecule has 112 valence electrons. The summed E-state index contributed by atoms with van der Waals surface area (Å²) < 4.78 is 5.40. The summed E-state index contributed by atoms with van der Waals surface area (Å²) in [6.07, 6.45) is 2.08. The fraction of sp³-hybridized carbons (Fsp3) is 0.412. The van der Waals surface area contributed by atoms with Crippen molar-refractivity contribution in [2.24, 2.45) is 5.73 Å². The Labute approximate surface area is 125 Å². The maximum atomic E-state index is 12.2. The van der Waals surface area contributed by atoms with Gasteiger partial charge in [0.25, 0.3) is 0 Å². The van der Waals surface area contributed by atoms with E-state index in [1.54, 1.807) is 13.1 Å². The molecule has 0 bridgehead atoms. The molecule has 2 aromatic rings. The lowest BCUT2D eigenvalue weighted by molar-refractivity contribution is -0.160. The van der Waals surface area contributed by atoms with Crippen molar-refractivity contribution in [3.05, 3.63) is 42.2 Å². The predicted octanol–water partition coefficient (Wildman–Crippen LogP) is 2.84. The molecule has 1 heterocycles. The zero-order chi connectivity index (χ0) is 15.7. The van der Waals surface area contributed by atoms with Crippen LogP contribution in [0.2, 0.25) is 0 Å². The smallest absolute Gasteiger partial charge is 0.326 e. The van der Waals surface area contributed by atoms with Gasteiger partial charge in [-0.25, -0.2) is 0 Å². The van der Waals surface area contributed by atoms with Crippen LogP contribution in [0.1, 0.15) is 33.4 Å². The molecule has 4 heteroatoms. The Morgan fingerprint density at radius 3 is 2.52 bits per heavy atom. The Kier molecular flexibility index (Phi) is 4.01. The third-order valence-corrected chi connectivity index (χ3v) is 3.16. The van der Waals surface area contributed by atoms with Gasteiger partial charge in [-0.15, -0.1) is 0 Å². The Morgan fingerprint density at radius 2 is 1.86 bits per heavy atom. The van der Waals surface area contributed by atoms with Gasteiger partial charge >= 0.3 is 5.97 Å². The van der Waals surface area contributed by atoms with Crippen molar-refractivity contribution < 1.29 is 9.53 Å². The second-order valence-electron chi connectivity index (χ2n) is 6.57. The lowest BCUT2D eigenvalue weighted by Gasteiger charge is -2.28. The minimum absolute atomic E-state index is 0.337. The van der Waals surface area contributed by atoms with E-state index in [0.717, 1.165) is 16.5 Å². The summed E-state index contributed by atoms with van der Waals surface area (Å²) >= 11 is 0. The summed E-state index contributed by atoms with van der Waals surface area (Å²) in [6.45, 7) is 7.18. The molecular formula is C17H22N2O2. The summed E-state index contributed by atoms with van der Waals surface area (Å²) in [5.41, 5.74) is 5.33. The second kappa shape index (κ2) is 5.45. The molecule has 1 aromatic carbocycles. The standard InChI is InChI=1S/C17H22N2O2/c1-16(2,3)21-15(20)17(4,18)11-14-13-8-6-5-7-12(13)9-10-19-14/h5-10H,11,18H2,1-4H3. The molecule has 1 unspecified atom stereocenters. The Balaban J connectivity index is 2.28. The molecule has 0 spiro atoms. The number of carbonyl (C=O) groups excluding carboxylic acids is 1. The third kappa shape index (κ3) is 3.79. The van der Waals surface area contributed by atoms with E-state index in [1.165, 1.54) is 0 Å². The summed E-state index contributed by atoms with van der Waals surface area (Å²) in [4.78, 5) is 16.6. The first-order valence-electron chi connectivity index (χ1n) is 7.04. The first-order valence-corrected chi connectivity index (χ1v) is 7.04. The van der Waals surface area contributed by atoms with Crippen molar-refractivity contribution in [1.29, 1.82) is 0 Å². The number of benzene rings is 1. The molecule has 21 heavy (non-hydrogen) atoms. The fourth-order valence-electron chi connectivity index (χ4n) is 2.14. The van der Waals surface area contributed by atoms with Gasteiger partial charge in [0.1, 0.15) is 11.1 Å². The largest absolute Gasteiger partial charge is 0.459 e. The number of pyridine rings is 1. The number of carbonyl (C=O) groups is 1. The lowest BCUT2D eigenvalue weighted by atomic mass is 9.94. The lowest BCUT2D eigenvalue weighted by Crippen LogP contribution is -2.50. The van der Waals surface area contributed by atoms with E-state index < -0.39 is 17.1 Å². The highest BCUT2D eigenvalue weighted by molar-refractivity contribution is 5.86. The van der Waals surface area contributed by atoms with Crippen molar-refractivity contribution in [2.75, 3.05) is 0 Å². The monoisotopic (exact) mass is 286 g/mol. The first kappa shape index (κ1) is 15.4. The Bertz CT molecular complexity index is 652. The molecular weight excluding hydrogens is 264 g/mol. The number of ether oxygens (including phenoxy) is 1. The highest BCUT2D eigenvalue weighted by atomic mass is 16.6. The van der Waals surface area contributed by atoms with Gasteiger partial charge in [-0.05, 0) is 39.1 Å². The van der Waals surface area contributed by atoms with Gasteiger partial charge in [0.05, 0.1) is 5.69 Å². The summed E-state index contributed by atoms with van der Waals surface area (Å²) in [6, 6.07) is 9.88. The van der Waals surface area contributed by atoms with E-state index in [2.05, 4.69) is 4.98 Å². The number of nitrogens with zero attached hydrogens (tertiary/aromatic N) is 1. The average molecular weight is 286 g/mol. The molecule has 4 nitrogen and oxygen atoms in total. The van der Waals surface area contributed by atoms with Gasteiger partial charge in [0.15, 0.2) is 0 Å². The van der Waals surface area contributed by atoms with Gasteiger partial charge in [0.2, 0.25) is 0 Å². The number of aromatic nitrogens is 1. The maximum Gasteiger partial charge on any atom is 0.326 e. The maximum absolute atomic E-state index is 12.2. The highest BCUT2D eigenvalue weighted by Gasteiger charge is 2.34. The van der Waals surface area contributed by atoms with Crippen LogP contribution in [0.5, 0.6) is 0 Å². The van der Waals surface area contributed by atoms with Crippen LogP contribution in [-0.4, -0.2) is 22.1 Å². The van der Waals surface area contributed by atoms with Crippen LogP contribution >= 0.6 is 0 Å². The van der Waals surface area contributed by atoms with Crippen LogP contribution in [0.3, 0.4) is 0 Å². The van der Waals surface area contributed by atoms with Crippen LogP contribution in [0.15, 0.2) is 36.5 Å². The predicted molar refractivity (Wildman–Crippen MR) is 83.9 cm³/mol. The van der Waals surface area contributed by atoms with E-state index in [9.17, 15) is 4.79 Å². The third-order valence-electron chi connectivity index (χ3n) is 3.16. The fourth-order valence-corrected chi connectivity index (χ4v) is 2.14. The zero-order valence-corrected chi connectivity index (χ0v) is 13.0. The molecule has 0 aliphatic heterocycles. The molecule has 0 aliphatic rings. The summed E-state index contributed by atoms with van der Waals surface area (Å²) in [5.74, 6) is -0.412. The minimum Gasteiger partial charge on any atom is -0.459 e. The van der Waals surface area contributed by atoms with E-state index in [0.29, 0.717) is 6.42 Å². The number of hydrogen-bond acceptors (Lipinski definition) is 4. The molecule has 0 aliphatic carbocycles. The molecule has 1 aromatic heterocycles. The minimum atomic E-state index is -1.11. The first-order chi connectivity index (χ1) is 9.69. The molecule has 2 N–H and O–H groups in total. The number of fused-ring (bicyclic) bond motifs is 1. The van der Waals surface area contributed by atoms with Gasteiger partial charge in [-0.3, -0.25) is 9.78 Å². The molecule has 0 saturated heterocycles. The molecule has 0 amide bonds. The highest BCUT2D eigenvalue weighted by Crippen LogP contribution is 2.22. The van der Waals surface area contributed by atoms with Crippen molar-refractivity contribution >= 4 is 16.7 Å². The van der Waals surface area contributed by atoms with Crippen molar-refractivity contribution in [3.8, 4) is 0 Å².